The Morgan fingerprint density at radius 1 is 1.07 bits per heavy atom. The van der Waals surface area contributed by atoms with E-state index in [1.54, 1.807) is 6.08 Å². The van der Waals surface area contributed by atoms with Crippen LogP contribution in [0.25, 0.3) is 10.8 Å². The average Bonchev–Trinajstić information content (AvgIpc) is 2.27. The normalized spacial score (nSPS) is 10.0. The summed E-state index contributed by atoms with van der Waals surface area (Å²) in [6.07, 6.45) is 1.56. The lowest BCUT2D eigenvalue weighted by atomic mass is 10.0. The first-order valence-electron chi connectivity index (χ1n) is 4.51. The van der Waals surface area contributed by atoms with Crippen LogP contribution in [-0.4, -0.2) is 5.71 Å². The van der Waals surface area contributed by atoms with Crippen LogP contribution in [0.4, 0.5) is 0 Å². The summed E-state index contributed by atoms with van der Waals surface area (Å²) in [5, 5.41) is 10.0. The van der Waals surface area contributed by atoms with Crippen molar-refractivity contribution in [3.63, 3.8) is 0 Å². The highest BCUT2D eigenvalue weighted by atomic mass is 14.4. The van der Waals surface area contributed by atoms with Gasteiger partial charge in [-0.25, -0.2) is 0 Å². The van der Waals surface area contributed by atoms with Crippen LogP contribution >= 0.6 is 0 Å². The quantitative estimate of drug-likeness (QED) is 0.687. The summed E-state index contributed by atoms with van der Waals surface area (Å²) in [5.41, 5.74) is 1.38. The summed E-state index contributed by atoms with van der Waals surface area (Å²) in [6, 6.07) is 14.1. The number of benzene rings is 2. The minimum absolute atomic E-state index is 0.468. The van der Waals surface area contributed by atoms with Gasteiger partial charge in [-0.3, -0.25) is 0 Å². The van der Waals surface area contributed by atoms with Crippen LogP contribution in [0, 0.1) is 5.41 Å². The van der Waals surface area contributed by atoms with Crippen LogP contribution in [0.3, 0.4) is 0 Å². The molecule has 0 fully saturated rings. The van der Waals surface area contributed by atoms with E-state index in [0.717, 1.165) is 10.9 Å². The van der Waals surface area contributed by atoms with Gasteiger partial charge in [-0.15, -0.1) is 0 Å². The molecule has 0 saturated heterocycles. The Labute approximate surface area is 83.2 Å². The average molecular weight is 181 g/mol. The Kier molecular flexibility index (Phi) is 2.15. The topological polar surface area (TPSA) is 23.9 Å². The Morgan fingerprint density at radius 2 is 1.79 bits per heavy atom. The van der Waals surface area contributed by atoms with Gasteiger partial charge >= 0.3 is 0 Å². The van der Waals surface area contributed by atoms with Gasteiger partial charge in [0, 0.05) is 0 Å². The van der Waals surface area contributed by atoms with Crippen LogP contribution in [0.5, 0.6) is 0 Å². The fraction of sp³-hybridized carbons (Fsp3) is 0. The van der Waals surface area contributed by atoms with Gasteiger partial charge in [0.15, 0.2) is 0 Å². The summed E-state index contributed by atoms with van der Waals surface area (Å²) >= 11 is 0. The molecule has 1 nitrogen and oxygen atoms in total. The maximum Gasteiger partial charge on any atom is 0.0606 e. The number of rotatable bonds is 2. The molecule has 0 saturated carbocycles. The molecule has 0 radical (unpaired) electrons. The maximum atomic E-state index is 7.64. The molecular formula is C13H11N. The first-order valence-corrected chi connectivity index (χ1v) is 4.51. The minimum Gasteiger partial charge on any atom is -0.300 e. The largest absolute Gasteiger partial charge is 0.300 e. The fourth-order valence-electron chi connectivity index (χ4n) is 1.47. The molecular weight excluding hydrogens is 170 g/mol. The second kappa shape index (κ2) is 3.46. The number of nitrogens with one attached hydrogen (secondary N) is 1. The smallest absolute Gasteiger partial charge is 0.0606 e. The molecule has 68 valence electrons. The SMILES string of the molecule is C=CC(=N)c1ccc2ccccc2c1. The van der Waals surface area contributed by atoms with Crippen molar-refractivity contribution in [3.05, 3.63) is 60.7 Å². The Bertz CT molecular complexity index is 497. The Morgan fingerprint density at radius 3 is 2.50 bits per heavy atom. The standard InChI is InChI=1S/C13H11N/c1-2-13(14)12-8-7-10-5-3-4-6-11(10)9-12/h2-9,14H,1H2. The zero-order chi connectivity index (χ0) is 9.97. The van der Waals surface area contributed by atoms with E-state index in [1.807, 2.05) is 30.3 Å². The molecule has 1 heteroatoms. The zero-order valence-corrected chi connectivity index (χ0v) is 7.83. The number of hydrogen-bond donors (Lipinski definition) is 1. The predicted octanol–water partition coefficient (Wildman–Crippen LogP) is 3.39. The summed E-state index contributed by atoms with van der Waals surface area (Å²) in [7, 11) is 0. The van der Waals surface area contributed by atoms with Crippen molar-refractivity contribution in [2.75, 3.05) is 0 Å². The van der Waals surface area contributed by atoms with Gasteiger partial charge in [0.1, 0.15) is 0 Å². The summed E-state index contributed by atoms with van der Waals surface area (Å²) in [4.78, 5) is 0. The third-order valence-corrected chi connectivity index (χ3v) is 2.26. The summed E-state index contributed by atoms with van der Waals surface area (Å²) < 4.78 is 0. The van der Waals surface area contributed by atoms with Crippen LogP contribution in [0.15, 0.2) is 55.1 Å². The first kappa shape index (κ1) is 8.70. The van der Waals surface area contributed by atoms with Gasteiger partial charge in [-0.2, -0.15) is 0 Å². The predicted molar refractivity (Wildman–Crippen MR) is 61.0 cm³/mol. The van der Waals surface area contributed by atoms with E-state index in [-0.39, 0.29) is 0 Å². The van der Waals surface area contributed by atoms with Gasteiger partial charge in [0.05, 0.1) is 5.71 Å². The molecule has 2 aromatic carbocycles. The highest BCUT2D eigenvalue weighted by molar-refractivity contribution is 6.08. The molecule has 0 heterocycles. The van der Waals surface area contributed by atoms with Gasteiger partial charge in [0.25, 0.3) is 0 Å². The monoisotopic (exact) mass is 181 g/mol. The third kappa shape index (κ3) is 1.44. The van der Waals surface area contributed by atoms with Gasteiger partial charge < -0.3 is 5.41 Å². The van der Waals surface area contributed by atoms with Crippen LogP contribution < -0.4 is 0 Å². The molecule has 0 aromatic heterocycles. The van der Waals surface area contributed by atoms with Crippen LogP contribution in [0.2, 0.25) is 0 Å². The van der Waals surface area contributed by atoms with E-state index in [9.17, 15) is 0 Å². The molecule has 0 atom stereocenters. The molecule has 0 aliphatic heterocycles. The number of allylic oxidation sites excluding steroid dienone is 1. The molecule has 2 rings (SSSR count). The highest BCUT2D eigenvalue weighted by Gasteiger charge is 1.97. The highest BCUT2D eigenvalue weighted by Crippen LogP contribution is 2.15. The van der Waals surface area contributed by atoms with E-state index in [4.69, 9.17) is 5.41 Å². The van der Waals surface area contributed by atoms with Gasteiger partial charge in [-0.05, 0) is 28.5 Å². The lowest BCUT2D eigenvalue weighted by Crippen LogP contribution is -1.92. The van der Waals surface area contributed by atoms with Crippen molar-refractivity contribution in [1.29, 1.82) is 5.41 Å². The van der Waals surface area contributed by atoms with Crippen LogP contribution in [-0.2, 0) is 0 Å². The molecule has 0 amide bonds. The van der Waals surface area contributed by atoms with E-state index >= 15 is 0 Å². The lowest BCUT2D eigenvalue weighted by molar-refractivity contribution is 1.50. The van der Waals surface area contributed by atoms with Crippen molar-refractivity contribution in [2.45, 2.75) is 0 Å². The fourth-order valence-corrected chi connectivity index (χ4v) is 1.47. The maximum absolute atomic E-state index is 7.64. The first-order chi connectivity index (χ1) is 6.81. The second-order valence-corrected chi connectivity index (χ2v) is 3.18. The van der Waals surface area contributed by atoms with Gasteiger partial charge in [-0.1, -0.05) is 43.0 Å². The molecule has 1 N–H and O–H groups in total. The van der Waals surface area contributed by atoms with Crippen molar-refractivity contribution < 1.29 is 0 Å². The molecule has 0 unspecified atom stereocenters. The van der Waals surface area contributed by atoms with Crippen molar-refractivity contribution in [1.82, 2.24) is 0 Å². The molecule has 14 heavy (non-hydrogen) atoms. The Hall–Kier alpha value is -1.89. The molecule has 0 bridgehead atoms. The minimum atomic E-state index is 0.468. The summed E-state index contributed by atoms with van der Waals surface area (Å²) in [6.45, 7) is 3.59. The third-order valence-electron chi connectivity index (χ3n) is 2.26. The lowest BCUT2D eigenvalue weighted by Gasteiger charge is -2.01. The van der Waals surface area contributed by atoms with E-state index in [2.05, 4.69) is 18.7 Å². The number of hydrogen-bond acceptors (Lipinski definition) is 1. The zero-order valence-electron chi connectivity index (χ0n) is 7.83. The van der Waals surface area contributed by atoms with Gasteiger partial charge in [0.2, 0.25) is 0 Å². The van der Waals surface area contributed by atoms with Crippen molar-refractivity contribution in [3.8, 4) is 0 Å². The molecule has 0 aliphatic rings. The van der Waals surface area contributed by atoms with Crippen molar-refractivity contribution in [2.24, 2.45) is 0 Å². The number of fused-ring (bicyclic) bond motifs is 1. The molecule has 0 spiro atoms. The molecule has 0 aliphatic carbocycles. The van der Waals surface area contributed by atoms with E-state index < -0.39 is 0 Å². The molecule has 2 aromatic rings. The van der Waals surface area contributed by atoms with Crippen LogP contribution in [0.1, 0.15) is 5.56 Å². The van der Waals surface area contributed by atoms with Crippen molar-refractivity contribution >= 4 is 16.5 Å². The summed E-state index contributed by atoms with van der Waals surface area (Å²) in [5.74, 6) is 0. The second-order valence-electron chi connectivity index (χ2n) is 3.18. The van der Waals surface area contributed by atoms with E-state index in [0.29, 0.717) is 5.71 Å². The van der Waals surface area contributed by atoms with E-state index in [1.165, 1.54) is 5.39 Å². The Balaban J connectivity index is 2.62.